The van der Waals surface area contributed by atoms with E-state index in [0.717, 1.165) is 17.1 Å². The molecule has 2 aliphatic rings. The Labute approximate surface area is 362 Å². The van der Waals surface area contributed by atoms with Crippen LogP contribution in [0.3, 0.4) is 0 Å². The Morgan fingerprint density at radius 2 is 0.935 bits per heavy atom. The first kappa shape index (κ1) is 36.0. The van der Waals surface area contributed by atoms with Crippen molar-refractivity contribution >= 4 is 56.1 Å². The predicted molar refractivity (Wildman–Crippen MR) is 262 cm³/mol. The third-order valence-electron chi connectivity index (χ3n) is 13.0. The second kappa shape index (κ2) is 15.0. The fourth-order valence-corrected chi connectivity index (χ4v) is 10.1. The van der Waals surface area contributed by atoms with Crippen molar-refractivity contribution in [3.63, 3.8) is 0 Å². The number of para-hydroxylation sites is 2. The lowest BCUT2D eigenvalue weighted by atomic mass is 9.81. The Morgan fingerprint density at radius 1 is 0.355 bits per heavy atom. The molecule has 62 heavy (non-hydrogen) atoms. The first-order valence-electron chi connectivity index (χ1n) is 21.6. The molecule has 0 N–H and O–H groups in total. The van der Waals surface area contributed by atoms with Crippen LogP contribution in [0.1, 0.15) is 22.6 Å². The van der Waals surface area contributed by atoms with Crippen LogP contribution in [0.4, 0.5) is 28.4 Å². The Balaban J connectivity index is 0.944. The van der Waals surface area contributed by atoms with Crippen LogP contribution in [0.5, 0.6) is 0 Å². The van der Waals surface area contributed by atoms with Crippen LogP contribution in [-0.2, 0) is 0 Å². The fraction of sp³-hybridized carbons (Fsp3) is 0.0333. The lowest BCUT2D eigenvalue weighted by Gasteiger charge is -2.33. The van der Waals surface area contributed by atoms with E-state index in [4.69, 9.17) is 0 Å². The number of fused-ring (bicyclic) bond motifs is 8. The molecule has 10 aromatic rings. The van der Waals surface area contributed by atoms with Gasteiger partial charge in [0.2, 0.25) is 0 Å². The van der Waals surface area contributed by atoms with Crippen LogP contribution in [0.25, 0.3) is 61.0 Å². The third kappa shape index (κ3) is 6.11. The van der Waals surface area contributed by atoms with Gasteiger partial charge in [-0.1, -0.05) is 188 Å². The summed E-state index contributed by atoms with van der Waals surface area (Å²) in [5.74, 6) is 0.273. The molecule has 12 rings (SSSR count). The molecule has 0 saturated carbocycles. The summed E-state index contributed by atoms with van der Waals surface area (Å²) in [5.41, 5.74) is 17.1. The van der Waals surface area contributed by atoms with Crippen molar-refractivity contribution in [1.82, 2.24) is 0 Å². The molecule has 0 fully saturated rings. The van der Waals surface area contributed by atoms with Crippen molar-refractivity contribution in [3.8, 4) is 33.4 Å². The van der Waals surface area contributed by atoms with Crippen LogP contribution >= 0.6 is 0 Å². The number of hydrogen-bond acceptors (Lipinski definition) is 2. The van der Waals surface area contributed by atoms with Crippen LogP contribution < -0.4 is 9.80 Å². The average molecular weight is 791 g/mol. The van der Waals surface area contributed by atoms with E-state index in [1.807, 2.05) is 0 Å². The van der Waals surface area contributed by atoms with Crippen molar-refractivity contribution in [2.24, 2.45) is 0 Å². The average Bonchev–Trinajstić information content (AvgIpc) is 3.69. The van der Waals surface area contributed by atoms with Gasteiger partial charge in [0.15, 0.2) is 0 Å². The summed E-state index contributed by atoms with van der Waals surface area (Å²) in [4.78, 5) is 4.95. The van der Waals surface area contributed by atoms with Crippen LogP contribution in [0.2, 0.25) is 0 Å². The highest BCUT2D eigenvalue weighted by atomic mass is 15.2. The first-order valence-corrected chi connectivity index (χ1v) is 21.6. The summed E-state index contributed by atoms with van der Waals surface area (Å²) in [5, 5.41) is 5.06. The molecule has 0 bridgehead atoms. The first-order chi connectivity index (χ1) is 30.7. The van der Waals surface area contributed by atoms with E-state index in [9.17, 15) is 0 Å². The number of rotatable bonds is 7. The van der Waals surface area contributed by atoms with Gasteiger partial charge in [-0.3, -0.25) is 0 Å². The number of benzene rings is 10. The van der Waals surface area contributed by atoms with Crippen molar-refractivity contribution in [3.05, 3.63) is 253 Å². The molecule has 0 aromatic heterocycles. The third-order valence-corrected chi connectivity index (χ3v) is 13.0. The maximum Gasteiger partial charge on any atom is 0.0636 e. The van der Waals surface area contributed by atoms with Crippen molar-refractivity contribution < 1.29 is 0 Å². The highest BCUT2D eigenvalue weighted by Crippen LogP contribution is 2.53. The van der Waals surface area contributed by atoms with Gasteiger partial charge in [-0.15, -0.1) is 0 Å². The molecule has 10 aromatic carbocycles. The predicted octanol–water partition coefficient (Wildman–Crippen LogP) is 16.1. The van der Waals surface area contributed by atoms with Gasteiger partial charge >= 0.3 is 0 Å². The highest BCUT2D eigenvalue weighted by Gasteiger charge is 2.41. The maximum absolute atomic E-state index is 2.57. The molecule has 2 atom stereocenters. The molecular weight excluding hydrogens is 749 g/mol. The fourth-order valence-electron chi connectivity index (χ4n) is 10.1. The Bertz CT molecular complexity index is 3310. The van der Waals surface area contributed by atoms with Crippen LogP contribution in [0, 0.1) is 0 Å². The summed E-state index contributed by atoms with van der Waals surface area (Å²) in [6, 6.07) is 84.6. The van der Waals surface area contributed by atoms with Crippen molar-refractivity contribution in [2.75, 3.05) is 9.80 Å². The summed E-state index contributed by atoms with van der Waals surface area (Å²) in [6.07, 6.45) is 4.72. The van der Waals surface area contributed by atoms with Gasteiger partial charge < -0.3 is 9.80 Å². The van der Waals surface area contributed by atoms with Crippen LogP contribution in [-0.4, -0.2) is 6.04 Å². The molecule has 1 aliphatic heterocycles. The van der Waals surface area contributed by atoms with Gasteiger partial charge in [-0.25, -0.2) is 0 Å². The zero-order valence-electron chi connectivity index (χ0n) is 34.1. The molecular formula is C60H42N2. The van der Waals surface area contributed by atoms with E-state index in [1.54, 1.807) is 0 Å². The quantitative estimate of drug-likeness (QED) is 0.148. The molecule has 2 heteroatoms. The van der Waals surface area contributed by atoms with Gasteiger partial charge in [-0.2, -0.15) is 0 Å². The molecule has 2 nitrogen and oxygen atoms in total. The summed E-state index contributed by atoms with van der Waals surface area (Å²) in [6.45, 7) is 0. The normalized spacial score (nSPS) is 15.0. The molecule has 1 aliphatic carbocycles. The monoisotopic (exact) mass is 790 g/mol. The lowest BCUT2D eigenvalue weighted by Crippen LogP contribution is -2.30. The zero-order chi connectivity index (χ0) is 41.0. The van der Waals surface area contributed by atoms with Gasteiger partial charge in [-0.05, 0) is 121 Å². The van der Waals surface area contributed by atoms with Gasteiger partial charge in [0, 0.05) is 39.9 Å². The van der Waals surface area contributed by atoms with Gasteiger partial charge in [0.25, 0.3) is 0 Å². The van der Waals surface area contributed by atoms with E-state index >= 15 is 0 Å². The molecule has 2 unspecified atom stereocenters. The number of anilines is 5. The zero-order valence-corrected chi connectivity index (χ0v) is 34.1. The number of nitrogens with zero attached hydrogens (tertiary/aromatic N) is 2. The molecule has 0 amide bonds. The number of hydrogen-bond donors (Lipinski definition) is 0. The minimum atomic E-state index is 0.186. The van der Waals surface area contributed by atoms with Crippen LogP contribution in [0.15, 0.2) is 237 Å². The Morgan fingerprint density at radius 3 is 1.76 bits per heavy atom. The van der Waals surface area contributed by atoms with E-state index in [2.05, 4.69) is 252 Å². The Hall–Kier alpha value is -7.94. The summed E-state index contributed by atoms with van der Waals surface area (Å²) >= 11 is 0. The SMILES string of the molecule is C1=CC2C(c3ccccc31)c1ccccc1N2c1ccccc1-c1ccc(N(c2ccc(-c3ccccc3)cc2)c2cccc(-c3ccc4ccc5ccccc5c4c3)c2)cc1. The maximum atomic E-state index is 2.57. The standard InChI is InChI=1S/C60H42N2/c1-2-13-41(14-3-1)42-29-34-49(35-30-42)61(51-18-12-17-47(39-51)48-28-27-46-26-25-43-15-4-6-19-52(43)56(46)40-48)50-36-31-45(32-37-50)53-20-8-10-23-57(53)62-58-24-11-9-22-55(58)60-54-21-7-5-16-44(54)33-38-59(60)62/h1-40,59-60H. The summed E-state index contributed by atoms with van der Waals surface area (Å²) in [7, 11) is 0. The van der Waals surface area contributed by atoms with Gasteiger partial charge in [0.1, 0.15) is 0 Å². The lowest BCUT2D eigenvalue weighted by molar-refractivity contribution is 0.725. The molecule has 0 saturated heterocycles. The van der Waals surface area contributed by atoms with E-state index in [0.29, 0.717) is 0 Å². The van der Waals surface area contributed by atoms with Crippen molar-refractivity contribution in [2.45, 2.75) is 12.0 Å². The second-order valence-corrected chi connectivity index (χ2v) is 16.5. The second-order valence-electron chi connectivity index (χ2n) is 16.5. The summed E-state index contributed by atoms with van der Waals surface area (Å²) < 4.78 is 0. The van der Waals surface area contributed by atoms with E-state index < -0.39 is 0 Å². The topological polar surface area (TPSA) is 6.48 Å². The van der Waals surface area contributed by atoms with E-state index in [1.165, 1.54) is 83.0 Å². The minimum absolute atomic E-state index is 0.186. The highest BCUT2D eigenvalue weighted by molar-refractivity contribution is 6.08. The smallest absolute Gasteiger partial charge is 0.0636 e. The van der Waals surface area contributed by atoms with Gasteiger partial charge in [0.05, 0.1) is 6.04 Å². The molecule has 0 spiro atoms. The largest absolute Gasteiger partial charge is 0.333 e. The molecule has 1 heterocycles. The van der Waals surface area contributed by atoms with E-state index in [-0.39, 0.29) is 12.0 Å². The van der Waals surface area contributed by atoms with Crippen molar-refractivity contribution in [1.29, 1.82) is 0 Å². The molecule has 0 radical (unpaired) electrons. The Kier molecular flexibility index (Phi) is 8.67. The molecule has 292 valence electrons. The minimum Gasteiger partial charge on any atom is -0.333 e.